The minimum atomic E-state index is -0.979. The van der Waals surface area contributed by atoms with Crippen molar-refractivity contribution in [1.82, 2.24) is 9.88 Å². The molecule has 7 nitrogen and oxygen atoms in total. The third-order valence-electron chi connectivity index (χ3n) is 5.62. The molecule has 160 valence electrons. The Morgan fingerprint density at radius 3 is 2.77 bits per heavy atom. The summed E-state index contributed by atoms with van der Waals surface area (Å²) in [7, 11) is 1.75. The van der Waals surface area contributed by atoms with Crippen molar-refractivity contribution in [3.63, 3.8) is 0 Å². The highest BCUT2D eigenvalue weighted by Crippen LogP contribution is 2.33. The number of furan rings is 1. The molecule has 7 heteroatoms. The molecule has 0 spiro atoms. The molecule has 0 saturated heterocycles. The van der Waals surface area contributed by atoms with Crippen molar-refractivity contribution in [2.24, 2.45) is 0 Å². The van der Waals surface area contributed by atoms with Crippen LogP contribution < -0.4 is 10.1 Å². The van der Waals surface area contributed by atoms with Gasteiger partial charge in [0.25, 0.3) is 5.91 Å². The number of nitrogens with one attached hydrogen (secondary N) is 1. The smallest absolute Gasteiger partial charge is 0.269 e. The quantitative estimate of drug-likeness (QED) is 0.631. The van der Waals surface area contributed by atoms with Crippen molar-refractivity contribution >= 4 is 34.7 Å². The number of fused-ring (bicyclic) bond motifs is 2. The number of anilines is 1. The van der Waals surface area contributed by atoms with Gasteiger partial charge in [0.15, 0.2) is 17.2 Å². The molecule has 0 saturated carbocycles. The number of benzene rings is 1. The van der Waals surface area contributed by atoms with Crippen LogP contribution in [-0.2, 0) is 9.59 Å². The van der Waals surface area contributed by atoms with Crippen molar-refractivity contribution < 1.29 is 18.7 Å². The Labute approximate surface area is 180 Å². The lowest BCUT2D eigenvalue weighted by Crippen LogP contribution is -2.46. The van der Waals surface area contributed by atoms with Crippen LogP contribution in [0, 0.1) is 6.92 Å². The summed E-state index contributed by atoms with van der Waals surface area (Å²) in [5.74, 6) is 1.20. The molecule has 1 aromatic carbocycles. The van der Waals surface area contributed by atoms with Crippen LogP contribution in [0.25, 0.3) is 17.0 Å². The maximum atomic E-state index is 12.8. The first-order valence-corrected chi connectivity index (χ1v) is 10.1. The van der Waals surface area contributed by atoms with Crippen molar-refractivity contribution in [3.8, 4) is 5.75 Å². The van der Waals surface area contributed by atoms with Crippen LogP contribution in [0.1, 0.15) is 43.7 Å². The first-order valence-electron chi connectivity index (χ1n) is 10.1. The van der Waals surface area contributed by atoms with Gasteiger partial charge in [0.1, 0.15) is 11.3 Å². The lowest BCUT2D eigenvalue weighted by Gasteiger charge is -2.30. The molecule has 0 bridgehead atoms. The molecule has 0 aliphatic carbocycles. The highest BCUT2D eigenvalue weighted by atomic mass is 16.5. The van der Waals surface area contributed by atoms with Gasteiger partial charge in [-0.2, -0.15) is 0 Å². The van der Waals surface area contributed by atoms with Crippen LogP contribution in [0.5, 0.6) is 5.75 Å². The predicted octanol–water partition coefficient (Wildman–Crippen LogP) is 4.48. The predicted molar refractivity (Wildman–Crippen MR) is 119 cm³/mol. The van der Waals surface area contributed by atoms with Gasteiger partial charge in [-0.3, -0.25) is 9.59 Å². The Morgan fingerprint density at radius 1 is 1.29 bits per heavy atom. The summed E-state index contributed by atoms with van der Waals surface area (Å²) in [6.07, 6.45) is 4.75. The molecule has 0 radical (unpaired) electrons. The average molecular weight is 419 g/mol. The summed E-state index contributed by atoms with van der Waals surface area (Å²) in [4.78, 5) is 30.6. The van der Waals surface area contributed by atoms with Crippen LogP contribution in [0.15, 0.2) is 47.0 Å². The maximum absolute atomic E-state index is 12.8. The molecule has 2 aromatic heterocycles. The highest BCUT2D eigenvalue weighted by molar-refractivity contribution is 5.99. The summed E-state index contributed by atoms with van der Waals surface area (Å²) in [5.41, 5.74) is 1.56. The number of para-hydroxylation sites is 1. The zero-order valence-corrected chi connectivity index (χ0v) is 18.2. The Hall–Kier alpha value is -3.61. The van der Waals surface area contributed by atoms with Crippen LogP contribution in [0.3, 0.4) is 0 Å². The standard InChI is InChI=1S/C24H25N3O4/c1-14-17-8-6-7-9-18(17)30-21(14)15(2)27(5)20(28)11-10-16-12-19-22(25-13-16)26-23(29)24(3,4)31-19/h6-13,15H,1-5H3,(H,25,26,29)/b11-10+/t15-/m1/s1. The SMILES string of the molecule is Cc1c([C@@H](C)N(C)C(=O)/C=C/c2cnc3c(c2)OC(C)(C)C(=O)N3)oc2ccccc12. The van der Waals surface area contributed by atoms with E-state index in [2.05, 4.69) is 10.3 Å². The molecule has 0 unspecified atom stereocenters. The topological polar surface area (TPSA) is 84.7 Å². The van der Waals surface area contributed by atoms with E-state index < -0.39 is 5.60 Å². The average Bonchev–Trinajstić information content (AvgIpc) is 3.08. The number of aromatic nitrogens is 1. The fourth-order valence-electron chi connectivity index (χ4n) is 3.55. The lowest BCUT2D eigenvalue weighted by atomic mass is 10.1. The molecule has 1 atom stereocenters. The number of ether oxygens (including phenoxy) is 1. The number of carbonyl (C=O) groups is 2. The van der Waals surface area contributed by atoms with E-state index in [1.807, 2.05) is 38.1 Å². The van der Waals surface area contributed by atoms with Gasteiger partial charge >= 0.3 is 0 Å². The first kappa shape index (κ1) is 20.7. The number of hydrogen-bond acceptors (Lipinski definition) is 5. The second kappa shape index (κ2) is 7.58. The summed E-state index contributed by atoms with van der Waals surface area (Å²) >= 11 is 0. The molecule has 1 aliphatic heterocycles. The second-order valence-corrected chi connectivity index (χ2v) is 8.23. The largest absolute Gasteiger partial charge is 0.474 e. The fraction of sp³-hybridized carbons (Fsp3) is 0.292. The summed E-state index contributed by atoms with van der Waals surface area (Å²) in [6, 6.07) is 9.36. The van der Waals surface area contributed by atoms with Crippen LogP contribution in [0.2, 0.25) is 0 Å². The fourth-order valence-corrected chi connectivity index (χ4v) is 3.55. The van der Waals surface area contributed by atoms with Crippen LogP contribution in [-0.4, -0.2) is 34.3 Å². The summed E-state index contributed by atoms with van der Waals surface area (Å²) in [5, 5.41) is 3.78. The molecular weight excluding hydrogens is 394 g/mol. The molecule has 2 amide bonds. The lowest BCUT2D eigenvalue weighted by molar-refractivity contribution is -0.129. The number of likely N-dealkylation sites (N-methyl/N-ethyl adjacent to an activating group) is 1. The van der Waals surface area contributed by atoms with Crippen LogP contribution in [0.4, 0.5) is 5.82 Å². The normalized spacial score (nSPS) is 16.0. The Balaban J connectivity index is 1.51. The van der Waals surface area contributed by atoms with E-state index in [-0.39, 0.29) is 17.9 Å². The van der Waals surface area contributed by atoms with Gasteiger partial charge in [0.2, 0.25) is 5.91 Å². The number of rotatable bonds is 4. The molecule has 3 heterocycles. The summed E-state index contributed by atoms with van der Waals surface area (Å²) < 4.78 is 11.8. The summed E-state index contributed by atoms with van der Waals surface area (Å²) in [6.45, 7) is 7.32. The van der Waals surface area contributed by atoms with Crippen LogP contribution >= 0.6 is 0 Å². The molecule has 31 heavy (non-hydrogen) atoms. The number of amides is 2. The van der Waals surface area contributed by atoms with Gasteiger partial charge in [-0.25, -0.2) is 4.98 Å². The van der Waals surface area contributed by atoms with Gasteiger partial charge in [0, 0.05) is 30.3 Å². The third kappa shape index (κ3) is 3.79. The van der Waals surface area contributed by atoms with Crippen molar-refractivity contribution in [2.75, 3.05) is 12.4 Å². The molecular formula is C24H25N3O4. The van der Waals surface area contributed by atoms with Crippen molar-refractivity contribution in [1.29, 1.82) is 0 Å². The first-order chi connectivity index (χ1) is 14.7. The van der Waals surface area contributed by atoms with E-state index in [9.17, 15) is 9.59 Å². The Kier molecular flexibility index (Phi) is 5.05. The van der Waals surface area contributed by atoms with E-state index in [1.165, 1.54) is 6.08 Å². The number of pyridine rings is 1. The second-order valence-electron chi connectivity index (χ2n) is 8.23. The molecule has 1 N–H and O–H groups in total. The molecule has 1 aliphatic rings. The van der Waals surface area contributed by atoms with Gasteiger partial charge in [-0.05, 0) is 51.5 Å². The monoisotopic (exact) mass is 419 g/mol. The van der Waals surface area contributed by atoms with Gasteiger partial charge in [0.05, 0.1) is 6.04 Å². The number of nitrogens with zero attached hydrogens (tertiary/aromatic N) is 2. The molecule has 3 aromatic rings. The number of aryl methyl sites for hydroxylation is 1. The van der Waals surface area contributed by atoms with E-state index in [0.29, 0.717) is 17.1 Å². The Bertz CT molecular complexity index is 1210. The van der Waals surface area contributed by atoms with E-state index in [4.69, 9.17) is 9.15 Å². The van der Waals surface area contributed by atoms with Gasteiger partial charge < -0.3 is 19.4 Å². The van der Waals surface area contributed by atoms with Gasteiger partial charge in [-0.1, -0.05) is 18.2 Å². The highest BCUT2D eigenvalue weighted by Gasteiger charge is 2.36. The van der Waals surface area contributed by atoms with E-state index in [0.717, 1.165) is 22.3 Å². The minimum Gasteiger partial charge on any atom is -0.474 e. The molecule has 0 fully saturated rings. The third-order valence-corrected chi connectivity index (χ3v) is 5.62. The number of hydrogen-bond donors (Lipinski definition) is 1. The number of carbonyl (C=O) groups excluding carboxylic acids is 2. The van der Waals surface area contributed by atoms with Crippen molar-refractivity contribution in [3.05, 3.63) is 59.5 Å². The van der Waals surface area contributed by atoms with Gasteiger partial charge in [-0.15, -0.1) is 0 Å². The maximum Gasteiger partial charge on any atom is 0.269 e. The van der Waals surface area contributed by atoms with E-state index >= 15 is 0 Å². The van der Waals surface area contributed by atoms with E-state index in [1.54, 1.807) is 44.1 Å². The zero-order chi connectivity index (χ0) is 22.3. The zero-order valence-electron chi connectivity index (χ0n) is 18.2. The minimum absolute atomic E-state index is 0.167. The molecule has 4 rings (SSSR count). The Morgan fingerprint density at radius 2 is 2.03 bits per heavy atom. The van der Waals surface area contributed by atoms with Crippen molar-refractivity contribution in [2.45, 2.75) is 39.3 Å².